The van der Waals surface area contributed by atoms with Gasteiger partial charge in [-0.15, -0.1) is 0 Å². The fraction of sp³-hybridized carbons (Fsp3) is 0.267. The molecule has 0 aliphatic carbocycles. The fourth-order valence-electron chi connectivity index (χ4n) is 1.97. The van der Waals surface area contributed by atoms with Crippen molar-refractivity contribution in [3.05, 3.63) is 58.4 Å². The maximum Gasteiger partial charge on any atom is 0.0682 e. The molecule has 1 aromatic heterocycles. The van der Waals surface area contributed by atoms with Crippen LogP contribution in [0.5, 0.6) is 0 Å². The quantitative estimate of drug-likeness (QED) is 0.932. The SMILES string of the molecule is Cc1cccc(CN(C)c2ccc(CO)cc2Cl)n1. The molecule has 0 saturated heterocycles. The summed E-state index contributed by atoms with van der Waals surface area (Å²) in [6, 6.07) is 11.6. The first-order chi connectivity index (χ1) is 9.10. The van der Waals surface area contributed by atoms with Gasteiger partial charge in [-0.1, -0.05) is 23.7 Å². The van der Waals surface area contributed by atoms with Gasteiger partial charge in [-0.25, -0.2) is 0 Å². The Balaban J connectivity index is 2.18. The van der Waals surface area contributed by atoms with E-state index >= 15 is 0 Å². The Kier molecular flexibility index (Phi) is 4.40. The summed E-state index contributed by atoms with van der Waals surface area (Å²) in [5, 5.41) is 9.72. The number of anilines is 1. The standard InChI is InChI=1S/C15H17ClN2O/c1-11-4-3-5-13(17-11)9-18(2)15-7-6-12(10-19)8-14(15)16/h3-8,19H,9-10H2,1-2H3. The van der Waals surface area contributed by atoms with E-state index in [1.165, 1.54) is 0 Å². The molecule has 3 nitrogen and oxygen atoms in total. The highest BCUT2D eigenvalue weighted by Gasteiger charge is 2.08. The number of aryl methyl sites for hydroxylation is 1. The lowest BCUT2D eigenvalue weighted by atomic mass is 10.2. The number of hydrogen-bond acceptors (Lipinski definition) is 3. The molecule has 1 heterocycles. The van der Waals surface area contributed by atoms with Crippen molar-refractivity contribution in [3.63, 3.8) is 0 Å². The van der Waals surface area contributed by atoms with Crippen LogP contribution in [0.15, 0.2) is 36.4 Å². The van der Waals surface area contributed by atoms with Crippen LogP contribution in [0.1, 0.15) is 17.0 Å². The minimum atomic E-state index is 0.00312. The van der Waals surface area contributed by atoms with Gasteiger partial charge in [0.2, 0.25) is 0 Å². The first kappa shape index (κ1) is 13.8. The summed E-state index contributed by atoms with van der Waals surface area (Å²) < 4.78 is 0. The topological polar surface area (TPSA) is 36.4 Å². The number of benzene rings is 1. The summed E-state index contributed by atoms with van der Waals surface area (Å²) in [5.41, 5.74) is 3.76. The van der Waals surface area contributed by atoms with E-state index in [0.29, 0.717) is 11.6 Å². The van der Waals surface area contributed by atoms with Gasteiger partial charge in [-0.05, 0) is 36.8 Å². The lowest BCUT2D eigenvalue weighted by Crippen LogP contribution is -2.17. The number of halogens is 1. The van der Waals surface area contributed by atoms with Crippen molar-refractivity contribution >= 4 is 17.3 Å². The van der Waals surface area contributed by atoms with Crippen molar-refractivity contribution in [2.75, 3.05) is 11.9 Å². The van der Waals surface area contributed by atoms with Gasteiger partial charge in [0.1, 0.15) is 0 Å². The lowest BCUT2D eigenvalue weighted by molar-refractivity contribution is 0.282. The molecule has 0 saturated carbocycles. The summed E-state index contributed by atoms with van der Waals surface area (Å²) in [6.07, 6.45) is 0. The average Bonchev–Trinajstić information content (AvgIpc) is 2.38. The van der Waals surface area contributed by atoms with Gasteiger partial charge >= 0.3 is 0 Å². The zero-order valence-electron chi connectivity index (χ0n) is 11.1. The average molecular weight is 277 g/mol. The van der Waals surface area contributed by atoms with Gasteiger partial charge in [0.05, 0.1) is 29.6 Å². The maximum absolute atomic E-state index is 9.08. The second-order valence-electron chi connectivity index (χ2n) is 4.57. The molecule has 0 fully saturated rings. The zero-order valence-corrected chi connectivity index (χ0v) is 11.9. The minimum Gasteiger partial charge on any atom is -0.392 e. The molecule has 0 atom stereocenters. The van der Waals surface area contributed by atoms with E-state index in [1.54, 1.807) is 6.07 Å². The van der Waals surface area contributed by atoms with Crippen molar-refractivity contribution in [1.29, 1.82) is 0 Å². The normalized spacial score (nSPS) is 10.5. The number of aromatic nitrogens is 1. The van der Waals surface area contributed by atoms with Crippen LogP contribution in [0, 0.1) is 6.92 Å². The van der Waals surface area contributed by atoms with E-state index in [4.69, 9.17) is 16.7 Å². The summed E-state index contributed by atoms with van der Waals surface area (Å²) in [4.78, 5) is 6.52. The number of hydrogen-bond donors (Lipinski definition) is 1. The van der Waals surface area contributed by atoms with Crippen molar-refractivity contribution in [3.8, 4) is 0 Å². The molecule has 0 bridgehead atoms. The third-order valence-corrected chi connectivity index (χ3v) is 3.25. The van der Waals surface area contributed by atoms with Crippen LogP contribution in [0.25, 0.3) is 0 Å². The molecular formula is C15H17ClN2O. The Morgan fingerprint density at radius 1 is 1.26 bits per heavy atom. The first-order valence-electron chi connectivity index (χ1n) is 6.13. The van der Waals surface area contributed by atoms with Crippen LogP contribution in [-0.4, -0.2) is 17.1 Å². The van der Waals surface area contributed by atoms with Gasteiger partial charge in [0.25, 0.3) is 0 Å². The second kappa shape index (κ2) is 6.04. The lowest BCUT2D eigenvalue weighted by Gasteiger charge is -2.20. The number of nitrogens with zero attached hydrogens (tertiary/aromatic N) is 2. The van der Waals surface area contributed by atoms with Crippen molar-refractivity contribution < 1.29 is 5.11 Å². The second-order valence-corrected chi connectivity index (χ2v) is 4.98. The Morgan fingerprint density at radius 2 is 2.05 bits per heavy atom. The van der Waals surface area contributed by atoms with Gasteiger partial charge in [-0.2, -0.15) is 0 Å². The molecule has 0 amide bonds. The van der Waals surface area contributed by atoms with Crippen LogP contribution in [0.2, 0.25) is 5.02 Å². The molecule has 0 spiro atoms. The molecule has 0 radical (unpaired) electrons. The first-order valence-corrected chi connectivity index (χ1v) is 6.51. The molecule has 0 unspecified atom stereocenters. The predicted octanol–water partition coefficient (Wildman–Crippen LogP) is 3.17. The number of pyridine rings is 1. The molecule has 100 valence electrons. The maximum atomic E-state index is 9.08. The summed E-state index contributed by atoms with van der Waals surface area (Å²) >= 11 is 6.23. The van der Waals surface area contributed by atoms with E-state index < -0.39 is 0 Å². The third kappa shape index (κ3) is 3.46. The predicted molar refractivity (Wildman–Crippen MR) is 78.5 cm³/mol. The van der Waals surface area contributed by atoms with Crippen LogP contribution >= 0.6 is 11.6 Å². The van der Waals surface area contributed by atoms with Crippen molar-refractivity contribution in [2.24, 2.45) is 0 Å². The number of aliphatic hydroxyl groups excluding tert-OH is 1. The smallest absolute Gasteiger partial charge is 0.0682 e. The van der Waals surface area contributed by atoms with E-state index in [-0.39, 0.29) is 6.61 Å². The van der Waals surface area contributed by atoms with E-state index in [1.807, 2.05) is 49.2 Å². The Labute approximate surface area is 118 Å². The Hall–Kier alpha value is -1.58. The molecule has 1 aromatic carbocycles. The molecule has 0 aliphatic heterocycles. The summed E-state index contributed by atoms with van der Waals surface area (Å²) in [6.45, 7) is 2.68. The van der Waals surface area contributed by atoms with Crippen LogP contribution in [-0.2, 0) is 13.2 Å². The Morgan fingerprint density at radius 3 is 2.68 bits per heavy atom. The van der Waals surface area contributed by atoms with Gasteiger partial charge in [-0.3, -0.25) is 4.98 Å². The highest BCUT2D eigenvalue weighted by atomic mass is 35.5. The Bertz CT molecular complexity index is 572. The van der Waals surface area contributed by atoms with Crippen molar-refractivity contribution in [1.82, 2.24) is 4.98 Å². The third-order valence-electron chi connectivity index (χ3n) is 2.95. The molecule has 2 aromatic rings. The molecule has 4 heteroatoms. The molecule has 0 aliphatic rings. The summed E-state index contributed by atoms with van der Waals surface area (Å²) in [7, 11) is 1.98. The monoisotopic (exact) mass is 276 g/mol. The molecular weight excluding hydrogens is 260 g/mol. The van der Waals surface area contributed by atoms with E-state index in [0.717, 1.165) is 22.6 Å². The molecule has 1 N–H and O–H groups in total. The van der Waals surface area contributed by atoms with E-state index in [2.05, 4.69) is 4.98 Å². The van der Waals surface area contributed by atoms with Crippen LogP contribution in [0.3, 0.4) is 0 Å². The zero-order chi connectivity index (χ0) is 13.8. The number of aliphatic hydroxyl groups is 1. The highest BCUT2D eigenvalue weighted by molar-refractivity contribution is 6.33. The van der Waals surface area contributed by atoms with Gasteiger partial charge < -0.3 is 10.0 Å². The van der Waals surface area contributed by atoms with Crippen LogP contribution < -0.4 is 4.90 Å². The molecule has 19 heavy (non-hydrogen) atoms. The van der Waals surface area contributed by atoms with E-state index in [9.17, 15) is 0 Å². The highest BCUT2D eigenvalue weighted by Crippen LogP contribution is 2.27. The van der Waals surface area contributed by atoms with Crippen LogP contribution in [0.4, 0.5) is 5.69 Å². The molecule has 2 rings (SSSR count). The largest absolute Gasteiger partial charge is 0.392 e. The number of rotatable bonds is 4. The van der Waals surface area contributed by atoms with Crippen molar-refractivity contribution in [2.45, 2.75) is 20.1 Å². The minimum absolute atomic E-state index is 0.00312. The van der Waals surface area contributed by atoms with Gasteiger partial charge in [0.15, 0.2) is 0 Å². The summed E-state index contributed by atoms with van der Waals surface area (Å²) in [5.74, 6) is 0. The fourth-order valence-corrected chi connectivity index (χ4v) is 2.32. The van der Waals surface area contributed by atoms with Gasteiger partial charge in [0, 0.05) is 12.7 Å².